The van der Waals surface area contributed by atoms with Crippen molar-refractivity contribution < 1.29 is 4.74 Å². The van der Waals surface area contributed by atoms with Gasteiger partial charge in [0.25, 0.3) is 0 Å². The quantitative estimate of drug-likeness (QED) is 0.841. The van der Waals surface area contributed by atoms with E-state index in [0.717, 1.165) is 29.0 Å². The van der Waals surface area contributed by atoms with Gasteiger partial charge >= 0.3 is 0 Å². The van der Waals surface area contributed by atoms with Crippen molar-refractivity contribution in [2.45, 2.75) is 33.8 Å². The molecule has 2 aromatic rings. The number of thiophene rings is 1. The summed E-state index contributed by atoms with van der Waals surface area (Å²) in [4.78, 5) is 2.67. The Balaban J connectivity index is 2.10. The van der Waals surface area contributed by atoms with E-state index in [-0.39, 0.29) is 0 Å². The highest BCUT2D eigenvalue weighted by molar-refractivity contribution is 7.11. The zero-order chi connectivity index (χ0) is 13.1. The van der Waals surface area contributed by atoms with Crippen molar-refractivity contribution in [3.05, 3.63) is 45.1 Å². The van der Waals surface area contributed by atoms with Crippen LogP contribution in [0.25, 0.3) is 0 Å². The van der Waals surface area contributed by atoms with Gasteiger partial charge in [0.1, 0.15) is 12.4 Å². The van der Waals surface area contributed by atoms with Crippen LogP contribution in [0.1, 0.15) is 27.8 Å². The van der Waals surface area contributed by atoms with Gasteiger partial charge in [-0.2, -0.15) is 0 Å². The van der Waals surface area contributed by atoms with Crippen LogP contribution in [0, 0.1) is 13.8 Å². The monoisotopic (exact) mass is 261 g/mol. The molecule has 1 aromatic heterocycles. The number of benzene rings is 1. The van der Waals surface area contributed by atoms with E-state index < -0.39 is 0 Å². The van der Waals surface area contributed by atoms with E-state index in [2.05, 4.69) is 19.1 Å². The van der Waals surface area contributed by atoms with Crippen molar-refractivity contribution in [2.75, 3.05) is 5.73 Å². The number of hydrogen-bond acceptors (Lipinski definition) is 3. The average Bonchev–Trinajstić information content (AvgIpc) is 2.75. The van der Waals surface area contributed by atoms with E-state index in [1.807, 2.05) is 37.3 Å². The number of hydrogen-bond donors (Lipinski definition) is 1. The first-order valence-electron chi connectivity index (χ1n) is 6.17. The van der Waals surface area contributed by atoms with Crippen LogP contribution in [-0.2, 0) is 13.0 Å². The summed E-state index contributed by atoms with van der Waals surface area (Å²) in [5, 5.41) is 0. The molecule has 2 nitrogen and oxygen atoms in total. The highest BCUT2D eigenvalue weighted by atomic mass is 32.1. The third kappa shape index (κ3) is 2.85. The summed E-state index contributed by atoms with van der Waals surface area (Å²) >= 11 is 1.82. The molecule has 0 saturated carbocycles. The van der Waals surface area contributed by atoms with Crippen molar-refractivity contribution in [1.29, 1.82) is 0 Å². The largest absolute Gasteiger partial charge is 0.488 e. The maximum Gasteiger partial charge on any atom is 0.125 e. The average molecular weight is 261 g/mol. The smallest absolute Gasteiger partial charge is 0.125 e. The van der Waals surface area contributed by atoms with Gasteiger partial charge in [0.15, 0.2) is 0 Å². The molecule has 0 amide bonds. The molecule has 18 heavy (non-hydrogen) atoms. The molecule has 0 saturated heterocycles. The molecule has 1 heterocycles. The van der Waals surface area contributed by atoms with Gasteiger partial charge in [0, 0.05) is 15.4 Å². The first-order chi connectivity index (χ1) is 8.60. The Morgan fingerprint density at radius 3 is 2.28 bits per heavy atom. The zero-order valence-electron chi connectivity index (χ0n) is 11.1. The van der Waals surface area contributed by atoms with E-state index in [4.69, 9.17) is 10.5 Å². The molecule has 0 bridgehead atoms. The molecule has 0 spiro atoms. The second kappa shape index (κ2) is 5.44. The van der Waals surface area contributed by atoms with Gasteiger partial charge in [0.05, 0.1) is 0 Å². The summed E-state index contributed by atoms with van der Waals surface area (Å²) in [6, 6.07) is 8.22. The molecule has 2 N–H and O–H groups in total. The van der Waals surface area contributed by atoms with Crippen molar-refractivity contribution in [2.24, 2.45) is 0 Å². The molecule has 0 aliphatic heterocycles. The summed E-state index contributed by atoms with van der Waals surface area (Å²) < 4.78 is 5.92. The summed E-state index contributed by atoms with van der Waals surface area (Å²) in [7, 11) is 0. The van der Waals surface area contributed by atoms with Gasteiger partial charge in [-0.15, -0.1) is 11.3 Å². The molecule has 0 atom stereocenters. The van der Waals surface area contributed by atoms with Gasteiger partial charge in [0.2, 0.25) is 0 Å². The molecule has 96 valence electrons. The zero-order valence-corrected chi connectivity index (χ0v) is 11.9. The Kier molecular flexibility index (Phi) is 3.92. The lowest BCUT2D eigenvalue weighted by Crippen LogP contribution is -1.98. The standard InChI is InChI=1S/C15H19NOS/c1-4-13-5-6-14(18-13)9-17-15-10(2)7-12(16)8-11(15)3/h5-8H,4,9,16H2,1-3H3. The van der Waals surface area contributed by atoms with E-state index in [1.165, 1.54) is 9.75 Å². The summed E-state index contributed by atoms with van der Waals surface area (Å²) in [6.45, 7) is 6.87. The number of aryl methyl sites for hydroxylation is 3. The topological polar surface area (TPSA) is 35.2 Å². The number of nitrogen functional groups attached to an aromatic ring is 1. The van der Waals surface area contributed by atoms with Crippen LogP contribution in [0.4, 0.5) is 5.69 Å². The molecule has 0 aliphatic rings. The number of anilines is 1. The van der Waals surface area contributed by atoms with Crippen LogP contribution in [0.15, 0.2) is 24.3 Å². The van der Waals surface area contributed by atoms with E-state index in [0.29, 0.717) is 6.61 Å². The normalized spacial score (nSPS) is 10.6. The van der Waals surface area contributed by atoms with Crippen molar-refractivity contribution in [1.82, 2.24) is 0 Å². The van der Waals surface area contributed by atoms with Crippen molar-refractivity contribution in [3.8, 4) is 5.75 Å². The van der Waals surface area contributed by atoms with Crippen LogP contribution in [0.2, 0.25) is 0 Å². The third-order valence-electron chi connectivity index (χ3n) is 2.91. The van der Waals surface area contributed by atoms with Crippen LogP contribution in [0.3, 0.4) is 0 Å². The maximum atomic E-state index is 5.92. The Bertz CT molecular complexity index is 522. The minimum absolute atomic E-state index is 0.635. The number of nitrogens with two attached hydrogens (primary N) is 1. The minimum atomic E-state index is 0.635. The number of rotatable bonds is 4. The molecule has 3 heteroatoms. The van der Waals surface area contributed by atoms with Gasteiger partial charge in [-0.05, 0) is 55.7 Å². The predicted octanol–water partition coefficient (Wildman–Crippen LogP) is 4.09. The fraction of sp³-hybridized carbons (Fsp3) is 0.333. The number of ether oxygens (including phenoxy) is 1. The highest BCUT2D eigenvalue weighted by Gasteiger charge is 2.06. The van der Waals surface area contributed by atoms with Crippen molar-refractivity contribution >= 4 is 17.0 Å². The maximum absolute atomic E-state index is 5.92. The lowest BCUT2D eigenvalue weighted by atomic mass is 10.1. The van der Waals surface area contributed by atoms with E-state index in [1.54, 1.807) is 0 Å². The first kappa shape index (κ1) is 13.0. The van der Waals surface area contributed by atoms with Crippen LogP contribution in [-0.4, -0.2) is 0 Å². The van der Waals surface area contributed by atoms with Gasteiger partial charge in [-0.25, -0.2) is 0 Å². The molecule has 0 fully saturated rings. The lowest BCUT2D eigenvalue weighted by Gasteiger charge is -2.12. The molecular weight excluding hydrogens is 242 g/mol. The van der Waals surface area contributed by atoms with Crippen LogP contribution >= 0.6 is 11.3 Å². The van der Waals surface area contributed by atoms with Gasteiger partial charge < -0.3 is 10.5 Å². The Morgan fingerprint density at radius 2 is 1.72 bits per heavy atom. The van der Waals surface area contributed by atoms with E-state index >= 15 is 0 Å². The fourth-order valence-corrected chi connectivity index (χ4v) is 2.92. The predicted molar refractivity (Wildman–Crippen MR) is 78.4 cm³/mol. The SMILES string of the molecule is CCc1ccc(COc2c(C)cc(N)cc2C)s1. The summed E-state index contributed by atoms with van der Waals surface area (Å²) in [5.41, 5.74) is 8.79. The highest BCUT2D eigenvalue weighted by Crippen LogP contribution is 2.27. The molecule has 0 radical (unpaired) electrons. The van der Waals surface area contributed by atoms with Crippen molar-refractivity contribution in [3.63, 3.8) is 0 Å². The van der Waals surface area contributed by atoms with Crippen LogP contribution < -0.4 is 10.5 Å². The Morgan fingerprint density at radius 1 is 1.11 bits per heavy atom. The molecule has 2 rings (SSSR count). The molecule has 1 aromatic carbocycles. The summed E-state index contributed by atoms with van der Waals surface area (Å²) in [5.74, 6) is 0.954. The fourth-order valence-electron chi connectivity index (χ4n) is 2.04. The lowest BCUT2D eigenvalue weighted by molar-refractivity contribution is 0.305. The minimum Gasteiger partial charge on any atom is -0.488 e. The molecular formula is C15H19NOS. The Labute approximate surface area is 112 Å². The van der Waals surface area contributed by atoms with Crippen LogP contribution in [0.5, 0.6) is 5.75 Å². The molecule has 0 aliphatic carbocycles. The third-order valence-corrected chi connectivity index (χ3v) is 4.11. The first-order valence-corrected chi connectivity index (χ1v) is 6.99. The van der Waals surface area contributed by atoms with Gasteiger partial charge in [-0.1, -0.05) is 6.92 Å². The molecule has 0 unspecified atom stereocenters. The second-order valence-electron chi connectivity index (χ2n) is 4.49. The Hall–Kier alpha value is -1.48. The van der Waals surface area contributed by atoms with Gasteiger partial charge in [-0.3, -0.25) is 0 Å². The summed E-state index contributed by atoms with van der Waals surface area (Å²) in [6.07, 6.45) is 1.09. The van der Waals surface area contributed by atoms with E-state index in [9.17, 15) is 0 Å². The second-order valence-corrected chi connectivity index (χ2v) is 5.75.